The molecular weight excluding hydrogens is 276 g/mol. The second-order valence-electron chi connectivity index (χ2n) is 5.36. The van der Waals surface area contributed by atoms with Crippen molar-refractivity contribution in [2.24, 2.45) is 11.7 Å². The number of aryl methyl sites for hydroxylation is 2. The van der Waals surface area contributed by atoms with Crippen LogP contribution in [-0.2, 0) is 12.8 Å². The van der Waals surface area contributed by atoms with Crippen LogP contribution in [0.4, 0.5) is 0 Å². The van der Waals surface area contributed by atoms with Gasteiger partial charge in [0, 0.05) is 4.88 Å². The highest BCUT2D eigenvalue weighted by atomic mass is 32.1. The Labute approximate surface area is 123 Å². The van der Waals surface area contributed by atoms with Gasteiger partial charge < -0.3 is 11.1 Å². The summed E-state index contributed by atoms with van der Waals surface area (Å²) >= 11 is 6.63. The van der Waals surface area contributed by atoms with E-state index in [1.165, 1.54) is 23.3 Å². The van der Waals surface area contributed by atoms with Crippen LogP contribution in [0, 0.1) is 5.92 Å². The van der Waals surface area contributed by atoms with Gasteiger partial charge in [-0.25, -0.2) is 0 Å². The third-order valence-corrected chi connectivity index (χ3v) is 4.97. The van der Waals surface area contributed by atoms with Crippen LogP contribution in [-0.4, -0.2) is 16.9 Å². The number of nitrogens with two attached hydrogens (primary N) is 1. The smallest absolute Gasteiger partial charge is 0.261 e. The van der Waals surface area contributed by atoms with E-state index in [1.54, 1.807) is 11.3 Å². The predicted octanol–water partition coefficient (Wildman–Crippen LogP) is 2.67. The van der Waals surface area contributed by atoms with Crippen molar-refractivity contribution in [3.63, 3.8) is 0 Å². The quantitative estimate of drug-likeness (QED) is 0.840. The fraction of sp³-hybridized carbons (Fsp3) is 0.571. The Kier molecular flexibility index (Phi) is 4.58. The molecular formula is C14H20N2OS2. The van der Waals surface area contributed by atoms with Crippen LogP contribution in [0.25, 0.3) is 0 Å². The second-order valence-corrected chi connectivity index (χ2v) is 6.97. The van der Waals surface area contributed by atoms with E-state index in [0.29, 0.717) is 4.99 Å². The molecule has 1 aliphatic rings. The molecule has 2 rings (SSSR count). The van der Waals surface area contributed by atoms with Gasteiger partial charge >= 0.3 is 0 Å². The Hall–Kier alpha value is -0.940. The summed E-state index contributed by atoms with van der Waals surface area (Å²) in [6, 6.07) is 1.80. The van der Waals surface area contributed by atoms with Crippen molar-refractivity contribution in [3.8, 4) is 0 Å². The first-order valence-electron chi connectivity index (χ1n) is 6.71. The summed E-state index contributed by atoms with van der Waals surface area (Å²) in [6.07, 6.45) is 4.67. The van der Waals surface area contributed by atoms with E-state index < -0.39 is 0 Å². The minimum atomic E-state index is -0.235. The maximum absolute atomic E-state index is 12.3. The van der Waals surface area contributed by atoms with Gasteiger partial charge in [0.1, 0.15) is 0 Å². The summed E-state index contributed by atoms with van der Waals surface area (Å²) in [5, 5.41) is 2.95. The summed E-state index contributed by atoms with van der Waals surface area (Å²) in [4.78, 5) is 14.8. The molecule has 0 aliphatic heterocycles. The lowest BCUT2D eigenvalue weighted by atomic mass is 9.99. The first-order valence-corrected chi connectivity index (χ1v) is 7.93. The summed E-state index contributed by atoms with van der Waals surface area (Å²) in [6.45, 7) is 4.01. The molecule has 1 aromatic heterocycles. The van der Waals surface area contributed by atoms with Gasteiger partial charge in [-0.15, -0.1) is 11.3 Å². The number of hydrogen-bond acceptors (Lipinski definition) is 3. The molecule has 3 nitrogen and oxygen atoms in total. The number of rotatable bonds is 4. The highest BCUT2D eigenvalue weighted by Gasteiger charge is 2.22. The fourth-order valence-corrected chi connectivity index (χ4v) is 3.87. The van der Waals surface area contributed by atoms with Crippen molar-refractivity contribution in [2.45, 2.75) is 45.6 Å². The molecule has 0 radical (unpaired) electrons. The van der Waals surface area contributed by atoms with E-state index in [1.807, 2.05) is 19.9 Å². The topological polar surface area (TPSA) is 55.1 Å². The average Bonchev–Trinajstić information content (AvgIpc) is 2.78. The first kappa shape index (κ1) is 14.5. The fourth-order valence-electron chi connectivity index (χ4n) is 2.38. The van der Waals surface area contributed by atoms with Crippen molar-refractivity contribution in [3.05, 3.63) is 21.4 Å². The summed E-state index contributed by atoms with van der Waals surface area (Å²) < 4.78 is 0. The summed E-state index contributed by atoms with van der Waals surface area (Å²) in [7, 11) is 0. The van der Waals surface area contributed by atoms with Crippen molar-refractivity contribution < 1.29 is 4.79 Å². The molecule has 0 bridgehead atoms. The normalized spacial score (nSPS) is 15.9. The van der Waals surface area contributed by atoms with Gasteiger partial charge in [0.05, 0.1) is 15.9 Å². The third kappa shape index (κ3) is 3.34. The number of hydrogen-bond donors (Lipinski definition) is 2. The number of carbonyl (C=O) groups excluding carboxylic acids is 1. The monoisotopic (exact) mass is 296 g/mol. The van der Waals surface area contributed by atoms with Crippen LogP contribution < -0.4 is 11.1 Å². The van der Waals surface area contributed by atoms with Gasteiger partial charge in [0.2, 0.25) is 0 Å². The van der Waals surface area contributed by atoms with Gasteiger partial charge in [0.25, 0.3) is 5.91 Å². The minimum Gasteiger partial charge on any atom is -0.392 e. The van der Waals surface area contributed by atoms with Crippen LogP contribution in [0.5, 0.6) is 0 Å². The number of carbonyl (C=O) groups is 1. The minimum absolute atomic E-state index is 0.0501. The number of thiocarbonyl (C=S) groups is 1. The molecule has 3 N–H and O–H groups in total. The average molecular weight is 296 g/mol. The van der Waals surface area contributed by atoms with Gasteiger partial charge in [0.15, 0.2) is 0 Å². The van der Waals surface area contributed by atoms with E-state index >= 15 is 0 Å². The molecule has 1 unspecified atom stereocenters. The maximum atomic E-state index is 12.3. The molecule has 1 amide bonds. The van der Waals surface area contributed by atoms with Gasteiger partial charge in [-0.05, 0) is 43.2 Å². The molecule has 0 spiro atoms. The van der Waals surface area contributed by atoms with Crippen molar-refractivity contribution >= 4 is 34.5 Å². The maximum Gasteiger partial charge on any atom is 0.261 e. The SMILES string of the molecule is CC(C)C(NC(=O)c1cc2c(s1)CCCC2)C(N)=S. The predicted molar refractivity (Wildman–Crippen MR) is 83.8 cm³/mol. The Bertz CT molecular complexity index is 470. The van der Waals surface area contributed by atoms with Crippen LogP contribution >= 0.6 is 23.6 Å². The standard InChI is InChI=1S/C14H20N2OS2/c1-8(2)12(13(15)18)16-14(17)11-7-9-5-3-4-6-10(9)19-11/h7-8,12H,3-6H2,1-2H3,(H2,15,18)(H,16,17). The lowest BCUT2D eigenvalue weighted by Crippen LogP contribution is -2.46. The summed E-state index contributed by atoms with van der Waals surface area (Å²) in [5.41, 5.74) is 7.03. The van der Waals surface area contributed by atoms with E-state index in [-0.39, 0.29) is 17.9 Å². The highest BCUT2D eigenvalue weighted by Crippen LogP contribution is 2.29. The molecule has 1 heterocycles. The van der Waals surface area contributed by atoms with E-state index in [2.05, 4.69) is 5.32 Å². The number of amides is 1. The Morgan fingerprint density at radius 1 is 1.42 bits per heavy atom. The van der Waals surface area contributed by atoms with Gasteiger partial charge in [-0.3, -0.25) is 4.79 Å². The van der Waals surface area contributed by atoms with E-state index in [4.69, 9.17) is 18.0 Å². The van der Waals surface area contributed by atoms with Crippen molar-refractivity contribution in [1.82, 2.24) is 5.32 Å². The number of fused-ring (bicyclic) bond motifs is 1. The molecule has 104 valence electrons. The highest BCUT2D eigenvalue weighted by molar-refractivity contribution is 7.80. The van der Waals surface area contributed by atoms with Crippen LogP contribution in [0.2, 0.25) is 0 Å². The second kappa shape index (κ2) is 6.01. The lowest BCUT2D eigenvalue weighted by molar-refractivity contribution is 0.0944. The molecule has 0 saturated carbocycles. The molecule has 0 saturated heterocycles. The molecule has 1 aromatic rings. The molecule has 5 heteroatoms. The molecule has 0 fully saturated rings. The Balaban J connectivity index is 2.11. The van der Waals surface area contributed by atoms with Crippen molar-refractivity contribution in [2.75, 3.05) is 0 Å². The zero-order chi connectivity index (χ0) is 14.0. The van der Waals surface area contributed by atoms with Crippen molar-refractivity contribution in [1.29, 1.82) is 0 Å². The van der Waals surface area contributed by atoms with Crippen LogP contribution in [0.1, 0.15) is 46.8 Å². The first-order chi connectivity index (χ1) is 8.99. The number of thiophene rings is 1. The summed E-state index contributed by atoms with van der Waals surface area (Å²) in [5.74, 6) is 0.155. The zero-order valence-electron chi connectivity index (χ0n) is 11.4. The lowest BCUT2D eigenvalue weighted by Gasteiger charge is -2.20. The Morgan fingerprint density at radius 3 is 2.68 bits per heavy atom. The van der Waals surface area contributed by atoms with E-state index in [9.17, 15) is 4.79 Å². The van der Waals surface area contributed by atoms with Gasteiger partial charge in [-0.2, -0.15) is 0 Å². The zero-order valence-corrected chi connectivity index (χ0v) is 13.0. The molecule has 19 heavy (non-hydrogen) atoms. The van der Waals surface area contributed by atoms with Crippen LogP contribution in [0.3, 0.4) is 0 Å². The Morgan fingerprint density at radius 2 is 2.11 bits per heavy atom. The third-order valence-electron chi connectivity index (χ3n) is 3.48. The van der Waals surface area contributed by atoms with E-state index in [0.717, 1.165) is 17.7 Å². The molecule has 1 aliphatic carbocycles. The molecule has 0 aromatic carbocycles. The van der Waals surface area contributed by atoms with Gasteiger partial charge in [-0.1, -0.05) is 26.1 Å². The number of nitrogens with one attached hydrogen (secondary N) is 1. The van der Waals surface area contributed by atoms with Crippen LogP contribution in [0.15, 0.2) is 6.07 Å². The molecule has 1 atom stereocenters. The largest absolute Gasteiger partial charge is 0.392 e.